The fourth-order valence-electron chi connectivity index (χ4n) is 3.21. The van der Waals surface area contributed by atoms with Gasteiger partial charge in [0.2, 0.25) is 5.75 Å². The van der Waals surface area contributed by atoms with Crippen molar-refractivity contribution >= 4 is 51.5 Å². The molecule has 0 aliphatic heterocycles. The fraction of sp³-hybridized carbons (Fsp3) is 0.120. The maximum atomic E-state index is 12.6. The Kier molecular flexibility index (Phi) is 6.87. The predicted molar refractivity (Wildman–Crippen MR) is 129 cm³/mol. The molecule has 4 aromatic rings. The summed E-state index contributed by atoms with van der Waals surface area (Å²) in [6.45, 7) is 1.66. The normalized spacial score (nSPS) is 10.8. The zero-order chi connectivity index (χ0) is 23.4. The SMILES string of the molecule is CCC(=O)Oc1c(Cl)nc(Cc2ccc(NC(=O)c3ccc4ccccc4c3)cc2)nc1Cl. The van der Waals surface area contributed by atoms with Crippen molar-refractivity contribution in [1.29, 1.82) is 0 Å². The van der Waals surface area contributed by atoms with Crippen molar-refractivity contribution in [3.8, 4) is 5.75 Å². The molecule has 1 amide bonds. The topological polar surface area (TPSA) is 81.2 Å². The van der Waals surface area contributed by atoms with E-state index in [9.17, 15) is 9.59 Å². The molecule has 6 nitrogen and oxygen atoms in total. The number of amides is 1. The molecule has 8 heteroatoms. The number of nitrogens with one attached hydrogen (secondary N) is 1. The summed E-state index contributed by atoms with van der Waals surface area (Å²) >= 11 is 12.2. The van der Waals surface area contributed by atoms with Gasteiger partial charge in [0.15, 0.2) is 10.3 Å². The maximum absolute atomic E-state index is 12.6. The van der Waals surface area contributed by atoms with Crippen molar-refractivity contribution in [2.24, 2.45) is 0 Å². The van der Waals surface area contributed by atoms with Crippen LogP contribution in [0.3, 0.4) is 0 Å². The summed E-state index contributed by atoms with van der Waals surface area (Å²) in [6.07, 6.45) is 0.540. The summed E-state index contributed by atoms with van der Waals surface area (Å²) in [5.41, 5.74) is 2.14. The van der Waals surface area contributed by atoms with Gasteiger partial charge in [-0.25, -0.2) is 9.97 Å². The molecular weight excluding hydrogens is 461 g/mol. The van der Waals surface area contributed by atoms with Crippen molar-refractivity contribution in [3.05, 3.63) is 94.0 Å². The van der Waals surface area contributed by atoms with Crippen LogP contribution < -0.4 is 10.1 Å². The number of fused-ring (bicyclic) bond motifs is 1. The zero-order valence-electron chi connectivity index (χ0n) is 17.6. The largest absolute Gasteiger partial charge is 0.420 e. The molecule has 3 aromatic carbocycles. The van der Waals surface area contributed by atoms with Gasteiger partial charge in [-0.15, -0.1) is 0 Å². The van der Waals surface area contributed by atoms with Crippen molar-refractivity contribution < 1.29 is 14.3 Å². The molecule has 4 rings (SSSR count). The third-order valence-electron chi connectivity index (χ3n) is 4.92. The second-order valence-corrected chi connectivity index (χ2v) is 7.98. The van der Waals surface area contributed by atoms with Crippen LogP contribution >= 0.6 is 23.2 Å². The summed E-state index contributed by atoms with van der Waals surface area (Å²) in [5, 5.41) is 4.95. The predicted octanol–water partition coefficient (Wildman–Crippen LogP) is 6.10. The molecule has 0 saturated heterocycles. The Bertz CT molecular complexity index is 1320. The van der Waals surface area contributed by atoms with Crippen LogP contribution in [0.5, 0.6) is 5.75 Å². The molecule has 166 valence electrons. The summed E-state index contributed by atoms with van der Waals surface area (Å²) in [4.78, 5) is 32.5. The van der Waals surface area contributed by atoms with Crippen LogP contribution in [0.4, 0.5) is 5.69 Å². The molecule has 0 bridgehead atoms. The van der Waals surface area contributed by atoms with E-state index in [0.29, 0.717) is 23.5 Å². The summed E-state index contributed by atoms with van der Waals surface area (Å²) in [6, 6.07) is 20.8. The van der Waals surface area contributed by atoms with Gasteiger partial charge in [0.1, 0.15) is 5.82 Å². The minimum atomic E-state index is -0.475. The van der Waals surface area contributed by atoms with Gasteiger partial charge in [-0.2, -0.15) is 0 Å². The van der Waals surface area contributed by atoms with E-state index in [1.54, 1.807) is 25.1 Å². The first-order valence-electron chi connectivity index (χ1n) is 10.2. The van der Waals surface area contributed by atoms with Crippen LogP contribution in [0, 0.1) is 0 Å². The van der Waals surface area contributed by atoms with E-state index in [0.717, 1.165) is 16.3 Å². The monoisotopic (exact) mass is 479 g/mol. The van der Waals surface area contributed by atoms with E-state index in [-0.39, 0.29) is 28.4 Å². The summed E-state index contributed by atoms with van der Waals surface area (Å²) < 4.78 is 5.08. The zero-order valence-corrected chi connectivity index (χ0v) is 19.2. The molecule has 1 N–H and O–H groups in total. The van der Waals surface area contributed by atoms with E-state index in [1.807, 2.05) is 48.5 Å². The van der Waals surface area contributed by atoms with Gasteiger partial charge < -0.3 is 10.1 Å². The highest BCUT2D eigenvalue weighted by Gasteiger charge is 2.16. The lowest BCUT2D eigenvalue weighted by Gasteiger charge is -2.09. The molecule has 1 heterocycles. The maximum Gasteiger partial charge on any atom is 0.311 e. The van der Waals surface area contributed by atoms with Crippen molar-refractivity contribution in [2.45, 2.75) is 19.8 Å². The third-order valence-corrected chi connectivity index (χ3v) is 5.43. The van der Waals surface area contributed by atoms with Gasteiger partial charge in [0.05, 0.1) is 0 Å². The molecule has 0 aliphatic rings. The quantitative estimate of drug-likeness (QED) is 0.267. The minimum absolute atomic E-state index is 0.0222. The van der Waals surface area contributed by atoms with Crippen molar-refractivity contribution in [1.82, 2.24) is 9.97 Å². The number of hydrogen-bond donors (Lipinski definition) is 1. The average Bonchev–Trinajstić information content (AvgIpc) is 2.82. The Morgan fingerprint density at radius 3 is 2.24 bits per heavy atom. The highest BCUT2D eigenvalue weighted by Crippen LogP contribution is 2.30. The summed E-state index contributed by atoms with van der Waals surface area (Å²) in [7, 11) is 0. The molecule has 0 fully saturated rings. The van der Waals surface area contributed by atoms with Crippen LogP contribution in [-0.2, 0) is 11.2 Å². The van der Waals surface area contributed by atoms with Gasteiger partial charge in [-0.1, -0.05) is 72.6 Å². The first kappa shape index (κ1) is 22.7. The number of halogens is 2. The second kappa shape index (κ2) is 9.98. The molecule has 0 spiro atoms. The van der Waals surface area contributed by atoms with Crippen LogP contribution in [-0.4, -0.2) is 21.8 Å². The van der Waals surface area contributed by atoms with Gasteiger partial charge >= 0.3 is 5.97 Å². The number of nitrogens with zero attached hydrogens (tertiary/aromatic N) is 2. The molecule has 0 saturated carbocycles. The molecule has 1 aromatic heterocycles. The van der Waals surface area contributed by atoms with E-state index >= 15 is 0 Å². The Hall–Kier alpha value is -3.48. The van der Waals surface area contributed by atoms with Gasteiger partial charge in [0.25, 0.3) is 5.91 Å². The Labute approximate surface area is 200 Å². The number of benzene rings is 3. The molecule has 33 heavy (non-hydrogen) atoms. The van der Waals surface area contributed by atoms with Crippen LogP contribution in [0.2, 0.25) is 10.3 Å². The lowest BCUT2D eigenvalue weighted by molar-refractivity contribution is -0.134. The third kappa shape index (κ3) is 5.48. The van der Waals surface area contributed by atoms with E-state index < -0.39 is 5.97 Å². The second-order valence-electron chi connectivity index (χ2n) is 7.27. The minimum Gasteiger partial charge on any atom is -0.420 e. The van der Waals surface area contributed by atoms with Crippen molar-refractivity contribution in [3.63, 3.8) is 0 Å². The Morgan fingerprint density at radius 1 is 0.909 bits per heavy atom. The van der Waals surface area contributed by atoms with Crippen LogP contribution in [0.1, 0.15) is 35.1 Å². The number of carbonyl (C=O) groups is 2. The van der Waals surface area contributed by atoms with E-state index in [2.05, 4.69) is 15.3 Å². The van der Waals surface area contributed by atoms with Crippen molar-refractivity contribution in [2.75, 3.05) is 5.32 Å². The molecular formula is C25H19Cl2N3O3. The number of carbonyl (C=O) groups excluding carboxylic acids is 2. The van der Waals surface area contributed by atoms with Crippen LogP contribution in [0.15, 0.2) is 66.7 Å². The first-order chi connectivity index (χ1) is 15.9. The number of hydrogen-bond acceptors (Lipinski definition) is 5. The molecule has 0 unspecified atom stereocenters. The number of rotatable bonds is 6. The van der Waals surface area contributed by atoms with Gasteiger partial charge in [-0.3, -0.25) is 9.59 Å². The van der Waals surface area contributed by atoms with Crippen LogP contribution in [0.25, 0.3) is 10.8 Å². The average molecular weight is 480 g/mol. The molecule has 0 radical (unpaired) electrons. The number of ether oxygens (including phenoxy) is 1. The summed E-state index contributed by atoms with van der Waals surface area (Å²) in [5.74, 6) is -0.320. The molecule has 0 aliphatic carbocycles. The number of esters is 1. The standard InChI is InChI=1S/C25H19Cl2N3O3/c1-2-21(31)33-22-23(26)29-20(30-24(22)27)13-15-7-11-19(12-8-15)28-25(32)18-10-9-16-5-3-4-6-17(16)14-18/h3-12,14H,2,13H2,1H3,(H,28,32). The van der Waals surface area contributed by atoms with E-state index in [1.165, 1.54) is 0 Å². The lowest BCUT2D eigenvalue weighted by Crippen LogP contribution is -2.11. The van der Waals surface area contributed by atoms with E-state index in [4.69, 9.17) is 27.9 Å². The number of anilines is 1. The lowest BCUT2D eigenvalue weighted by atomic mass is 10.1. The van der Waals surface area contributed by atoms with Gasteiger partial charge in [-0.05, 0) is 40.6 Å². The fourth-order valence-corrected chi connectivity index (χ4v) is 3.71. The Balaban J connectivity index is 1.43. The highest BCUT2D eigenvalue weighted by molar-refractivity contribution is 6.35. The highest BCUT2D eigenvalue weighted by atomic mass is 35.5. The molecule has 0 atom stereocenters. The Morgan fingerprint density at radius 2 is 1.58 bits per heavy atom. The van der Waals surface area contributed by atoms with Gasteiger partial charge in [0, 0.05) is 24.1 Å². The smallest absolute Gasteiger partial charge is 0.311 e. The first-order valence-corrected chi connectivity index (χ1v) is 11.0. The number of aromatic nitrogens is 2.